The van der Waals surface area contributed by atoms with E-state index in [0.29, 0.717) is 47.1 Å². The van der Waals surface area contributed by atoms with Crippen LogP contribution < -0.4 is 4.90 Å². The lowest BCUT2D eigenvalue weighted by molar-refractivity contribution is -0.163. The van der Waals surface area contributed by atoms with Crippen molar-refractivity contribution in [2.24, 2.45) is 23.2 Å². The molecule has 3 aliphatic carbocycles. The van der Waals surface area contributed by atoms with Crippen molar-refractivity contribution in [2.45, 2.75) is 71.4 Å². The van der Waals surface area contributed by atoms with Crippen LogP contribution in [0.4, 0.5) is 5.69 Å². The van der Waals surface area contributed by atoms with Gasteiger partial charge in [-0.2, -0.15) is 0 Å². The summed E-state index contributed by atoms with van der Waals surface area (Å²) in [6.45, 7) is 8.97. The average Bonchev–Trinajstić information content (AvgIpc) is 2.89. The Balaban J connectivity index is 1.36. The molecule has 1 saturated heterocycles. The monoisotopic (exact) mass is 488 g/mol. The summed E-state index contributed by atoms with van der Waals surface area (Å²) >= 11 is 0. The standard InChI is InChI=1S/C31H40N2O3/c1-21-27-18-24(31(27,2)3)19-28(21)33(29(34)16-11-22-8-5-4-6-9-22)26-10-7-17-32(20-26)25-14-12-23(13-15-25)30(35)36/h4-6,8-9,12-15,21,24,26-28H,7,10-11,16-20H2,1-3H3,(H,35,36)/t21-,24+,26?,27-,28-/m0/s1. The molecule has 5 atom stereocenters. The van der Waals surface area contributed by atoms with Gasteiger partial charge in [0.2, 0.25) is 5.91 Å². The topological polar surface area (TPSA) is 60.9 Å². The number of nitrogens with zero attached hydrogens (tertiary/aromatic N) is 2. The molecule has 0 aromatic heterocycles. The summed E-state index contributed by atoms with van der Waals surface area (Å²) in [5, 5.41) is 9.27. The zero-order valence-electron chi connectivity index (χ0n) is 21.9. The van der Waals surface area contributed by atoms with Gasteiger partial charge < -0.3 is 14.9 Å². The number of hydrogen-bond donors (Lipinski definition) is 1. The number of aryl methyl sites for hydroxylation is 1. The zero-order chi connectivity index (χ0) is 25.4. The Bertz CT molecular complexity index is 1080. The fourth-order valence-electron chi connectivity index (χ4n) is 7.41. The molecular weight excluding hydrogens is 448 g/mol. The molecule has 1 unspecified atom stereocenters. The van der Waals surface area contributed by atoms with Gasteiger partial charge in [0.25, 0.3) is 0 Å². The number of carbonyl (C=O) groups is 2. The molecule has 6 rings (SSSR count). The first-order valence-electron chi connectivity index (χ1n) is 13.7. The first kappa shape index (κ1) is 24.9. The van der Waals surface area contributed by atoms with Crippen LogP contribution in [0.2, 0.25) is 0 Å². The number of amides is 1. The van der Waals surface area contributed by atoms with E-state index in [2.05, 4.69) is 42.7 Å². The number of aromatic carboxylic acids is 1. The smallest absolute Gasteiger partial charge is 0.335 e. The fraction of sp³-hybridized carbons (Fsp3) is 0.548. The van der Waals surface area contributed by atoms with Crippen LogP contribution in [0, 0.1) is 23.2 Å². The predicted octanol–water partition coefficient (Wildman–Crippen LogP) is 5.89. The molecule has 2 aromatic rings. The normalized spacial score (nSPS) is 28.8. The van der Waals surface area contributed by atoms with E-state index in [4.69, 9.17) is 0 Å². The lowest BCUT2D eigenvalue weighted by atomic mass is 9.44. The van der Waals surface area contributed by atoms with E-state index in [1.54, 1.807) is 12.1 Å². The van der Waals surface area contributed by atoms with E-state index in [9.17, 15) is 14.7 Å². The van der Waals surface area contributed by atoms with E-state index in [1.807, 2.05) is 30.3 Å². The summed E-state index contributed by atoms with van der Waals surface area (Å²) in [5.74, 6) is 1.30. The molecule has 1 heterocycles. The van der Waals surface area contributed by atoms with Crippen LogP contribution in [0.15, 0.2) is 54.6 Å². The van der Waals surface area contributed by atoms with Crippen LogP contribution in [0.25, 0.3) is 0 Å². The van der Waals surface area contributed by atoms with Crippen LogP contribution in [-0.2, 0) is 11.2 Å². The van der Waals surface area contributed by atoms with Crippen LogP contribution in [0.3, 0.4) is 0 Å². The molecule has 1 amide bonds. The Morgan fingerprint density at radius 3 is 2.42 bits per heavy atom. The molecule has 1 aliphatic heterocycles. The lowest BCUT2D eigenvalue weighted by Gasteiger charge is -2.64. The van der Waals surface area contributed by atoms with Gasteiger partial charge in [0, 0.05) is 37.3 Å². The number of carbonyl (C=O) groups excluding carboxylic acids is 1. The first-order valence-corrected chi connectivity index (χ1v) is 13.7. The minimum absolute atomic E-state index is 0.189. The highest BCUT2D eigenvalue weighted by Gasteiger charge is 2.58. The molecule has 5 nitrogen and oxygen atoms in total. The van der Waals surface area contributed by atoms with Gasteiger partial charge in [0.15, 0.2) is 0 Å². The van der Waals surface area contributed by atoms with Gasteiger partial charge in [-0.15, -0.1) is 0 Å². The summed E-state index contributed by atoms with van der Waals surface area (Å²) in [7, 11) is 0. The van der Waals surface area contributed by atoms with Gasteiger partial charge in [0.1, 0.15) is 0 Å². The van der Waals surface area contributed by atoms with E-state index in [-0.39, 0.29) is 6.04 Å². The molecule has 192 valence electrons. The third kappa shape index (κ3) is 4.65. The van der Waals surface area contributed by atoms with E-state index < -0.39 is 5.97 Å². The second kappa shape index (κ2) is 9.91. The molecule has 0 spiro atoms. The maximum absolute atomic E-state index is 13.9. The SMILES string of the molecule is C[C@@H]1[C@@H](N(C(=O)CCc2ccccc2)C2CCCN(c3ccc(C(=O)O)cc3)C2)C[C@H]2C[C@@H]1C2(C)C. The molecule has 4 fully saturated rings. The van der Waals surface area contributed by atoms with Crippen LogP contribution in [0.1, 0.15) is 68.8 Å². The minimum atomic E-state index is -0.902. The number of rotatable bonds is 7. The third-order valence-corrected chi connectivity index (χ3v) is 9.70. The van der Waals surface area contributed by atoms with Gasteiger partial charge in [-0.25, -0.2) is 4.79 Å². The molecule has 2 aromatic carbocycles. The van der Waals surface area contributed by atoms with Gasteiger partial charge >= 0.3 is 5.97 Å². The lowest BCUT2D eigenvalue weighted by Crippen LogP contribution is -2.64. The second-order valence-electron chi connectivity index (χ2n) is 11.9. The van der Waals surface area contributed by atoms with Crippen molar-refractivity contribution in [3.8, 4) is 0 Å². The summed E-state index contributed by atoms with van der Waals surface area (Å²) in [6, 6.07) is 18.0. The molecule has 3 saturated carbocycles. The summed E-state index contributed by atoms with van der Waals surface area (Å²) in [4.78, 5) is 29.9. The number of hydrogen-bond acceptors (Lipinski definition) is 3. The molecular formula is C31H40N2O3. The van der Waals surface area contributed by atoms with E-state index in [1.165, 1.54) is 12.0 Å². The van der Waals surface area contributed by atoms with E-state index >= 15 is 0 Å². The van der Waals surface area contributed by atoms with Gasteiger partial charge in [0.05, 0.1) is 5.56 Å². The Morgan fingerprint density at radius 1 is 1.06 bits per heavy atom. The highest BCUT2D eigenvalue weighted by molar-refractivity contribution is 5.88. The summed E-state index contributed by atoms with van der Waals surface area (Å²) in [6.07, 6.45) is 5.82. The predicted molar refractivity (Wildman–Crippen MR) is 143 cm³/mol. The number of anilines is 1. The van der Waals surface area contributed by atoms with Crippen molar-refractivity contribution < 1.29 is 14.7 Å². The Labute approximate surface area is 215 Å². The Morgan fingerprint density at radius 2 is 1.78 bits per heavy atom. The van der Waals surface area contributed by atoms with Crippen molar-refractivity contribution in [3.05, 3.63) is 65.7 Å². The number of carboxylic acids is 1. The van der Waals surface area contributed by atoms with Crippen molar-refractivity contribution >= 4 is 17.6 Å². The second-order valence-corrected chi connectivity index (χ2v) is 11.9. The van der Waals surface area contributed by atoms with Gasteiger partial charge in [-0.05, 0) is 85.1 Å². The fourth-order valence-corrected chi connectivity index (χ4v) is 7.41. The maximum atomic E-state index is 13.9. The molecule has 4 aliphatic rings. The van der Waals surface area contributed by atoms with Crippen LogP contribution >= 0.6 is 0 Å². The van der Waals surface area contributed by atoms with Crippen molar-refractivity contribution in [2.75, 3.05) is 18.0 Å². The van der Waals surface area contributed by atoms with Crippen LogP contribution in [0.5, 0.6) is 0 Å². The Kier molecular flexibility index (Phi) is 6.84. The van der Waals surface area contributed by atoms with Crippen molar-refractivity contribution in [3.63, 3.8) is 0 Å². The highest BCUT2D eigenvalue weighted by atomic mass is 16.4. The van der Waals surface area contributed by atoms with Crippen molar-refractivity contribution in [1.82, 2.24) is 4.90 Å². The van der Waals surface area contributed by atoms with Gasteiger partial charge in [-0.1, -0.05) is 51.1 Å². The number of carboxylic acid groups (broad SMARTS) is 1. The quantitative estimate of drug-likeness (QED) is 0.528. The number of fused-ring (bicyclic) bond motifs is 2. The van der Waals surface area contributed by atoms with E-state index in [0.717, 1.165) is 44.5 Å². The summed E-state index contributed by atoms with van der Waals surface area (Å²) in [5.41, 5.74) is 2.96. The third-order valence-electron chi connectivity index (χ3n) is 9.70. The first-order chi connectivity index (χ1) is 17.3. The average molecular weight is 489 g/mol. The largest absolute Gasteiger partial charge is 0.478 e. The Hall–Kier alpha value is -2.82. The zero-order valence-corrected chi connectivity index (χ0v) is 21.9. The summed E-state index contributed by atoms with van der Waals surface area (Å²) < 4.78 is 0. The minimum Gasteiger partial charge on any atom is -0.478 e. The maximum Gasteiger partial charge on any atom is 0.335 e. The number of benzene rings is 2. The molecule has 5 heteroatoms. The molecule has 2 bridgehead atoms. The molecule has 0 radical (unpaired) electrons. The highest BCUT2D eigenvalue weighted by Crippen LogP contribution is 2.62. The van der Waals surface area contributed by atoms with Crippen molar-refractivity contribution in [1.29, 1.82) is 0 Å². The van der Waals surface area contributed by atoms with Crippen LogP contribution in [-0.4, -0.2) is 47.1 Å². The molecule has 36 heavy (non-hydrogen) atoms. The number of piperidine rings is 1. The molecule has 1 N–H and O–H groups in total. The van der Waals surface area contributed by atoms with Gasteiger partial charge in [-0.3, -0.25) is 4.79 Å².